The van der Waals surface area contributed by atoms with E-state index in [-0.39, 0.29) is 22.0 Å². The summed E-state index contributed by atoms with van der Waals surface area (Å²) in [7, 11) is 0. The number of hydrogen-bond donors (Lipinski definition) is 1. The minimum absolute atomic E-state index is 0.121. The van der Waals surface area contributed by atoms with Gasteiger partial charge in [0.25, 0.3) is 5.56 Å². The molecular weight excluding hydrogens is 406 g/mol. The third-order valence-corrected chi connectivity index (χ3v) is 4.15. The second-order valence-electron chi connectivity index (χ2n) is 4.73. The molecule has 0 aliphatic carbocycles. The van der Waals surface area contributed by atoms with Gasteiger partial charge in [0.15, 0.2) is 5.82 Å². The molecule has 0 fully saturated rings. The second kappa shape index (κ2) is 6.43. The molecule has 2 aromatic carbocycles. The molecule has 1 N–H and O–H groups in total. The number of aromatic amines is 1. The number of benzene rings is 2. The lowest BCUT2D eigenvalue weighted by atomic mass is 10.2. The minimum Gasteiger partial charge on any atom is -0.305 e. The van der Waals surface area contributed by atoms with E-state index < -0.39 is 5.82 Å². The van der Waals surface area contributed by atoms with Gasteiger partial charge in [0, 0.05) is 15.1 Å². The lowest BCUT2D eigenvalue weighted by Crippen LogP contribution is -2.10. The highest BCUT2D eigenvalue weighted by atomic mass is 79.9. The van der Waals surface area contributed by atoms with Crippen LogP contribution in [0.5, 0.6) is 0 Å². The molecule has 3 rings (SSSR count). The molecule has 0 atom stereocenters. The van der Waals surface area contributed by atoms with Gasteiger partial charge in [-0.05, 0) is 42.5 Å². The van der Waals surface area contributed by atoms with E-state index in [1.54, 1.807) is 24.3 Å². The predicted octanol–water partition coefficient (Wildman–Crippen LogP) is 5.22. The van der Waals surface area contributed by atoms with Crippen LogP contribution in [-0.4, -0.2) is 9.97 Å². The molecule has 7 heteroatoms. The van der Waals surface area contributed by atoms with Crippen LogP contribution in [0.25, 0.3) is 22.0 Å². The highest BCUT2D eigenvalue weighted by molar-refractivity contribution is 9.10. The fourth-order valence-electron chi connectivity index (χ4n) is 2.05. The zero-order chi connectivity index (χ0) is 16.6. The summed E-state index contributed by atoms with van der Waals surface area (Å²) in [4.78, 5) is 19.0. The topological polar surface area (TPSA) is 45.8 Å². The molecule has 116 valence electrons. The van der Waals surface area contributed by atoms with Gasteiger partial charge >= 0.3 is 0 Å². The number of hydrogen-bond acceptors (Lipinski definition) is 2. The molecule has 0 bridgehead atoms. The van der Waals surface area contributed by atoms with E-state index >= 15 is 0 Å². The Morgan fingerprint density at radius 1 is 1.26 bits per heavy atom. The Morgan fingerprint density at radius 2 is 2.04 bits per heavy atom. The Labute approximate surface area is 148 Å². The van der Waals surface area contributed by atoms with E-state index in [9.17, 15) is 9.18 Å². The Hall–Kier alpha value is -1.69. The first-order valence-corrected chi connectivity index (χ1v) is 8.01. The molecule has 0 spiro atoms. The van der Waals surface area contributed by atoms with Crippen LogP contribution in [0.3, 0.4) is 0 Å². The zero-order valence-electron chi connectivity index (χ0n) is 11.4. The van der Waals surface area contributed by atoms with Crippen LogP contribution >= 0.6 is 39.1 Å². The molecule has 0 saturated carbocycles. The fourth-order valence-corrected chi connectivity index (χ4v) is 2.81. The van der Waals surface area contributed by atoms with Gasteiger partial charge in [-0.15, -0.1) is 0 Å². The van der Waals surface area contributed by atoms with Crippen molar-refractivity contribution in [2.75, 3.05) is 0 Å². The number of nitrogens with one attached hydrogen (secondary N) is 1. The van der Waals surface area contributed by atoms with Crippen molar-refractivity contribution in [1.82, 2.24) is 9.97 Å². The van der Waals surface area contributed by atoms with Crippen molar-refractivity contribution >= 4 is 61.1 Å². The van der Waals surface area contributed by atoms with Gasteiger partial charge in [0.2, 0.25) is 0 Å². The average Bonchev–Trinajstić information content (AvgIpc) is 2.51. The molecule has 0 radical (unpaired) electrons. The summed E-state index contributed by atoms with van der Waals surface area (Å²) in [6.07, 6.45) is 1.40. The highest BCUT2D eigenvalue weighted by Crippen LogP contribution is 2.24. The Bertz CT molecular complexity index is 1000. The summed E-state index contributed by atoms with van der Waals surface area (Å²) in [5.41, 5.74) is 0.367. The number of halogens is 4. The van der Waals surface area contributed by atoms with Crippen LogP contribution in [0.15, 0.2) is 45.7 Å². The van der Waals surface area contributed by atoms with Crippen LogP contribution < -0.4 is 5.56 Å². The van der Waals surface area contributed by atoms with Gasteiger partial charge in [0.05, 0.1) is 15.9 Å². The van der Waals surface area contributed by atoms with Gasteiger partial charge in [-0.25, -0.2) is 9.37 Å². The van der Waals surface area contributed by atoms with Crippen molar-refractivity contribution in [3.05, 3.63) is 73.5 Å². The number of nitrogens with zero attached hydrogens (tertiary/aromatic N) is 1. The normalized spacial score (nSPS) is 11.9. The maximum atomic E-state index is 13.8. The fraction of sp³-hybridized carbons (Fsp3) is 0. The third-order valence-electron chi connectivity index (χ3n) is 3.13. The van der Waals surface area contributed by atoms with Crippen LogP contribution in [0.1, 0.15) is 11.4 Å². The standard InChI is InChI=1S/C16H8BrCl2FN2O/c17-9-1-3-13(20)8(5-9)6-12(19)15-21-14-4-2-10(18)7-11(14)16(23)22-15/h1-7H,(H,21,22,23)/b12-6-. The summed E-state index contributed by atoms with van der Waals surface area (Å²) in [5, 5.41) is 0.922. The predicted molar refractivity (Wildman–Crippen MR) is 95.2 cm³/mol. The molecule has 1 heterocycles. The van der Waals surface area contributed by atoms with Gasteiger partial charge < -0.3 is 4.98 Å². The van der Waals surface area contributed by atoms with Crippen molar-refractivity contribution in [2.45, 2.75) is 0 Å². The molecule has 3 nitrogen and oxygen atoms in total. The first-order chi connectivity index (χ1) is 10.9. The van der Waals surface area contributed by atoms with E-state index in [1.807, 2.05) is 0 Å². The van der Waals surface area contributed by atoms with Crippen molar-refractivity contribution < 1.29 is 4.39 Å². The summed E-state index contributed by atoms with van der Waals surface area (Å²) in [6, 6.07) is 9.26. The maximum Gasteiger partial charge on any atom is 0.259 e. The summed E-state index contributed by atoms with van der Waals surface area (Å²) in [6.45, 7) is 0. The summed E-state index contributed by atoms with van der Waals surface area (Å²) in [5.74, 6) is -0.271. The lowest BCUT2D eigenvalue weighted by Gasteiger charge is -2.04. The largest absolute Gasteiger partial charge is 0.305 e. The van der Waals surface area contributed by atoms with Crippen LogP contribution in [-0.2, 0) is 0 Å². The quantitative estimate of drug-likeness (QED) is 0.626. The van der Waals surface area contributed by atoms with E-state index in [4.69, 9.17) is 23.2 Å². The lowest BCUT2D eigenvalue weighted by molar-refractivity contribution is 0.625. The number of fused-ring (bicyclic) bond motifs is 1. The van der Waals surface area contributed by atoms with E-state index in [0.717, 1.165) is 0 Å². The van der Waals surface area contributed by atoms with E-state index in [0.29, 0.717) is 20.4 Å². The SMILES string of the molecule is O=c1[nH]c(/C(Cl)=C/c2cc(Br)ccc2F)nc2ccc(Cl)cc12. The molecule has 0 aliphatic rings. The van der Waals surface area contributed by atoms with Crippen LogP contribution in [0.2, 0.25) is 5.02 Å². The molecule has 1 aromatic heterocycles. The third kappa shape index (κ3) is 3.47. The second-order valence-corrected chi connectivity index (χ2v) is 6.49. The molecule has 0 aliphatic heterocycles. The van der Waals surface area contributed by atoms with Crippen LogP contribution in [0.4, 0.5) is 4.39 Å². The van der Waals surface area contributed by atoms with Crippen LogP contribution in [0, 0.1) is 5.82 Å². The molecule has 0 saturated heterocycles. The van der Waals surface area contributed by atoms with E-state index in [1.165, 1.54) is 18.2 Å². The molecule has 23 heavy (non-hydrogen) atoms. The van der Waals surface area contributed by atoms with Crippen molar-refractivity contribution in [1.29, 1.82) is 0 Å². The molecular formula is C16H8BrCl2FN2O. The monoisotopic (exact) mass is 412 g/mol. The summed E-state index contributed by atoms with van der Waals surface area (Å²) < 4.78 is 14.5. The first-order valence-electron chi connectivity index (χ1n) is 6.46. The molecule has 0 unspecified atom stereocenters. The van der Waals surface area contributed by atoms with Gasteiger partial charge in [-0.1, -0.05) is 39.1 Å². The van der Waals surface area contributed by atoms with E-state index in [2.05, 4.69) is 25.9 Å². The average molecular weight is 414 g/mol. The molecule has 0 amide bonds. The smallest absolute Gasteiger partial charge is 0.259 e. The molecule has 3 aromatic rings. The summed E-state index contributed by atoms with van der Waals surface area (Å²) >= 11 is 15.3. The Morgan fingerprint density at radius 3 is 2.83 bits per heavy atom. The number of aromatic nitrogens is 2. The van der Waals surface area contributed by atoms with Crippen molar-refractivity contribution in [3.63, 3.8) is 0 Å². The highest BCUT2D eigenvalue weighted by Gasteiger charge is 2.09. The first kappa shape index (κ1) is 16.2. The van der Waals surface area contributed by atoms with Crippen molar-refractivity contribution in [3.8, 4) is 0 Å². The van der Waals surface area contributed by atoms with Gasteiger partial charge in [-0.3, -0.25) is 4.79 Å². The minimum atomic E-state index is -0.429. The number of rotatable bonds is 2. The van der Waals surface area contributed by atoms with Gasteiger partial charge in [0.1, 0.15) is 5.82 Å². The maximum absolute atomic E-state index is 13.8. The Kier molecular flexibility index (Phi) is 4.53. The Balaban J connectivity index is 2.12. The number of H-pyrrole nitrogens is 1. The van der Waals surface area contributed by atoms with Crippen molar-refractivity contribution in [2.24, 2.45) is 0 Å². The zero-order valence-corrected chi connectivity index (χ0v) is 14.5. The van der Waals surface area contributed by atoms with Gasteiger partial charge in [-0.2, -0.15) is 0 Å².